The van der Waals surface area contributed by atoms with Gasteiger partial charge in [-0.2, -0.15) is 5.26 Å². The minimum atomic E-state index is -0.697. The zero-order valence-corrected chi connectivity index (χ0v) is 21.6. The van der Waals surface area contributed by atoms with E-state index in [-0.39, 0.29) is 17.9 Å². The van der Waals surface area contributed by atoms with Crippen LogP contribution in [-0.4, -0.2) is 23.4 Å². The van der Waals surface area contributed by atoms with E-state index in [9.17, 15) is 25.0 Å². The van der Waals surface area contributed by atoms with Crippen molar-refractivity contribution in [1.29, 1.82) is 5.26 Å². The maximum absolute atomic E-state index is 13.0. The third-order valence-corrected chi connectivity index (χ3v) is 7.98. The summed E-state index contributed by atoms with van der Waals surface area (Å²) >= 11 is 2.58. The van der Waals surface area contributed by atoms with Gasteiger partial charge >= 0.3 is 5.97 Å². The fraction of sp³-hybridized carbons (Fsp3) is 0.222. The van der Waals surface area contributed by atoms with Gasteiger partial charge in [0.1, 0.15) is 16.6 Å². The third kappa shape index (κ3) is 6.07. The lowest BCUT2D eigenvalue weighted by Gasteiger charge is -2.12. The summed E-state index contributed by atoms with van der Waals surface area (Å²) in [4.78, 5) is 39.3. The number of aryl methyl sites for hydroxylation is 1. The molecule has 0 radical (unpaired) electrons. The van der Waals surface area contributed by atoms with Gasteiger partial charge in [0.05, 0.1) is 22.0 Å². The van der Waals surface area contributed by atoms with Crippen LogP contribution >= 0.6 is 23.1 Å². The number of ether oxygens (including phenoxy) is 1. The summed E-state index contributed by atoms with van der Waals surface area (Å²) in [5, 5.41) is 24.5. The summed E-state index contributed by atoms with van der Waals surface area (Å²) < 4.78 is 5.22. The quantitative estimate of drug-likeness (QED) is 0.117. The standard InChI is InChI=1S/C27H23N3O5S2/c1-2-35-27(32)24-20-10-6-7-11-22(20)37-26(24)29-25(31)18(16-28)14-17-12-13-23(21(15-17)30(33)34)36-19-8-4-3-5-9-19/h3-5,8-9,12-15H,2,6-7,10-11H2,1H3,(H,29,31)/b18-14-. The van der Waals surface area contributed by atoms with Gasteiger partial charge in [-0.3, -0.25) is 14.9 Å². The lowest BCUT2D eigenvalue weighted by Crippen LogP contribution is -2.16. The van der Waals surface area contributed by atoms with Crippen molar-refractivity contribution in [3.05, 3.63) is 85.8 Å². The van der Waals surface area contributed by atoms with E-state index in [2.05, 4.69) is 5.32 Å². The van der Waals surface area contributed by atoms with E-state index in [4.69, 9.17) is 4.74 Å². The molecule has 0 fully saturated rings. The van der Waals surface area contributed by atoms with E-state index >= 15 is 0 Å². The van der Waals surface area contributed by atoms with Crippen molar-refractivity contribution >= 4 is 51.7 Å². The normalized spacial score (nSPS) is 12.8. The zero-order chi connectivity index (χ0) is 26.4. The topological polar surface area (TPSA) is 122 Å². The average molecular weight is 534 g/mol. The molecule has 4 rings (SSSR count). The van der Waals surface area contributed by atoms with Crippen LogP contribution in [0.25, 0.3) is 6.08 Å². The van der Waals surface area contributed by atoms with Crippen LogP contribution in [0.4, 0.5) is 10.7 Å². The van der Waals surface area contributed by atoms with Gasteiger partial charge in [0, 0.05) is 15.8 Å². The molecule has 1 aromatic heterocycles. The molecule has 0 atom stereocenters. The van der Waals surface area contributed by atoms with Gasteiger partial charge in [-0.1, -0.05) is 36.0 Å². The van der Waals surface area contributed by atoms with E-state index in [1.54, 1.807) is 19.1 Å². The smallest absolute Gasteiger partial charge is 0.341 e. The number of rotatable bonds is 8. The van der Waals surface area contributed by atoms with Crippen LogP contribution in [0.2, 0.25) is 0 Å². The van der Waals surface area contributed by atoms with Gasteiger partial charge in [0.15, 0.2) is 0 Å². The van der Waals surface area contributed by atoms with Gasteiger partial charge in [-0.05, 0) is 68.0 Å². The Kier molecular flexibility index (Phi) is 8.38. The van der Waals surface area contributed by atoms with E-state index in [1.807, 2.05) is 36.4 Å². The Labute approximate surface area is 222 Å². The number of carbonyl (C=O) groups is 2. The molecule has 1 amide bonds. The number of hydrogen-bond acceptors (Lipinski definition) is 8. The molecule has 188 valence electrons. The Morgan fingerprint density at radius 3 is 2.68 bits per heavy atom. The van der Waals surface area contributed by atoms with E-state index < -0.39 is 16.8 Å². The van der Waals surface area contributed by atoms with Crippen LogP contribution in [0.5, 0.6) is 0 Å². The number of nitro benzene ring substituents is 1. The summed E-state index contributed by atoms with van der Waals surface area (Å²) in [6.45, 7) is 1.92. The SMILES string of the molecule is CCOC(=O)c1c(NC(=O)/C(C#N)=C\c2ccc(Sc3ccccc3)c([N+](=O)[O-])c2)sc2c1CCCC2. The molecule has 1 aliphatic carbocycles. The van der Waals surface area contributed by atoms with Crippen molar-refractivity contribution in [2.45, 2.75) is 42.4 Å². The first-order chi connectivity index (χ1) is 17.9. The zero-order valence-electron chi connectivity index (χ0n) is 20.0. The molecular formula is C27H23N3O5S2. The predicted octanol–water partition coefficient (Wildman–Crippen LogP) is 6.41. The van der Waals surface area contributed by atoms with Crippen LogP contribution in [-0.2, 0) is 22.4 Å². The number of benzene rings is 2. The first-order valence-electron chi connectivity index (χ1n) is 11.7. The summed E-state index contributed by atoms with van der Waals surface area (Å²) in [5.74, 6) is -1.20. The van der Waals surface area contributed by atoms with Crippen LogP contribution < -0.4 is 5.32 Å². The van der Waals surface area contributed by atoms with Crippen LogP contribution in [0.1, 0.15) is 46.1 Å². The number of thiophene rings is 1. The molecule has 0 aliphatic heterocycles. The first kappa shape index (κ1) is 26.1. The summed E-state index contributed by atoms with van der Waals surface area (Å²) in [5.41, 5.74) is 1.22. The Morgan fingerprint density at radius 1 is 1.22 bits per heavy atom. The van der Waals surface area contributed by atoms with Gasteiger partial charge < -0.3 is 10.1 Å². The first-order valence-corrected chi connectivity index (χ1v) is 13.3. The Hall–Kier alpha value is -3.94. The highest BCUT2D eigenvalue weighted by Crippen LogP contribution is 2.39. The number of nitriles is 1. The van der Waals surface area contributed by atoms with Crippen molar-refractivity contribution in [3.63, 3.8) is 0 Å². The molecule has 1 N–H and O–H groups in total. The molecule has 1 heterocycles. The highest BCUT2D eigenvalue weighted by atomic mass is 32.2. The summed E-state index contributed by atoms with van der Waals surface area (Å²) in [6.07, 6.45) is 4.80. The summed E-state index contributed by atoms with van der Waals surface area (Å²) in [7, 11) is 0. The molecular weight excluding hydrogens is 510 g/mol. The highest BCUT2D eigenvalue weighted by Gasteiger charge is 2.28. The second-order valence-corrected chi connectivity index (χ2v) is 10.4. The molecule has 37 heavy (non-hydrogen) atoms. The van der Waals surface area contributed by atoms with Crippen molar-refractivity contribution in [2.75, 3.05) is 11.9 Å². The van der Waals surface area contributed by atoms with Crippen molar-refractivity contribution in [3.8, 4) is 6.07 Å². The van der Waals surface area contributed by atoms with Gasteiger partial charge in [0.2, 0.25) is 0 Å². The Morgan fingerprint density at radius 2 is 1.97 bits per heavy atom. The molecule has 8 nitrogen and oxygen atoms in total. The average Bonchev–Trinajstić information content (AvgIpc) is 3.26. The summed E-state index contributed by atoms with van der Waals surface area (Å²) in [6, 6.07) is 15.7. The molecule has 0 saturated carbocycles. The van der Waals surface area contributed by atoms with E-state index in [0.29, 0.717) is 21.0 Å². The van der Waals surface area contributed by atoms with Gasteiger partial charge in [-0.15, -0.1) is 11.3 Å². The van der Waals surface area contributed by atoms with Gasteiger partial charge in [-0.25, -0.2) is 4.79 Å². The number of nitrogens with one attached hydrogen (secondary N) is 1. The second-order valence-electron chi connectivity index (χ2n) is 8.16. The number of nitrogens with zero attached hydrogens (tertiary/aromatic N) is 2. The van der Waals surface area contributed by atoms with Crippen LogP contribution in [0.15, 0.2) is 63.9 Å². The number of carbonyl (C=O) groups excluding carboxylic acids is 2. The fourth-order valence-electron chi connectivity index (χ4n) is 4.03. The molecule has 0 bridgehead atoms. The number of nitro groups is 1. The van der Waals surface area contributed by atoms with Crippen molar-refractivity contribution in [1.82, 2.24) is 0 Å². The second kappa shape index (κ2) is 11.9. The number of hydrogen-bond donors (Lipinski definition) is 1. The van der Waals surface area contributed by atoms with E-state index in [1.165, 1.54) is 35.2 Å². The molecule has 0 saturated heterocycles. The van der Waals surface area contributed by atoms with Crippen LogP contribution in [0.3, 0.4) is 0 Å². The minimum Gasteiger partial charge on any atom is -0.462 e. The molecule has 1 aliphatic rings. The van der Waals surface area contributed by atoms with Crippen molar-refractivity contribution in [2.24, 2.45) is 0 Å². The lowest BCUT2D eigenvalue weighted by molar-refractivity contribution is -0.387. The monoisotopic (exact) mass is 533 g/mol. The third-order valence-electron chi connectivity index (χ3n) is 5.70. The lowest BCUT2D eigenvalue weighted by atomic mass is 9.95. The highest BCUT2D eigenvalue weighted by molar-refractivity contribution is 7.99. The molecule has 10 heteroatoms. The van der Waals surface area contributed by atoms with Gasteiger partial charge in [0.25, 0.3) is 11.6 Å². The number of anilines is 1. The Bertz CT molecular complexity index is 1420. The van der Waals surface area contributed by atoms with E-state index in [0.717, 1.165) is 41.0 Å². The largest absolute Gasteiger partial charge is 0.462 e. The Balaban J connectivity index is 1.61. The fourth-order valence-corrected chi connectivity index (χ4v) is 6.22. The molecule has 0 unspecified atom stereocenters. The maximum Gasteiger partial charge on any atom is 0.341 e. The van der Waals surface area contributed by atoms with Crippen molar-refractivity contribution < 1.29 is 19.2 Å². The predicted molar refractivity (Wildman–Crippen MR) is 143 cm³/mol. The molecule has 3 aromatic rings. The maximum atomic E-state index is 13.0. The number of amides is 1. The molecule has 2 aromatic carbocycles. The molecule has 0 spiro atoms. The minimum absolute atomic E-state index is 0.129. The number of fused-ring (bicyclic) bond motifs is 1. The number of esters is 1. The van der Waals surface area contributed by atoms with Crippen LogP contribution in [0, 0.1) is 21.4 Å².